The Labute approximate surface area is 128 Å². The lowest BCUT2D eigenvalue weighted by Crippen LogP contribution is -2.30. The van der Waals surface area contributed by atoms with E-state index < -0.39 is 16.9 Å². The van der Waals surface area contributed by atoms with Crippen molar-refractivity contribution < 1.29 is 14.8 Å². The maximum Gasteiger partial charge on any atom is 0.347 e. The quantitative estimate of drug-likeness (QED) is 0.633. The van der Waals surface area contributed by atoms with E-state index in [2.05, 4.69) is 10.3 Å². The van der Waals surface area contributed by atoms with Gasteiger partial charge in [0, 0.05) is 12.1 Å². The fourth-order valence-electron chi connectivity index (χ4n) is 2.16. The number of β-amino-alcohol motifs (C(OH)–C–C–N with tert-alkyl or cyclic N) is 1. The molecule has 0 radical (unpaired) electrons. The van der Waals surface area contributed by atoms with Crippen LogP contribution in [0.4, 0.5) is 11.5 Å². The van der Waals surface area contributed by atoms with Crippen LogP contribution in [-0.4, -0.2) is 32.5 Å². The summed E-state index contributed by atoms with van der Waals surface area (Å²) in [7, 11) is 0. The van der Waals surface area contributed by atoms with Crippen LogP contribution in [0, 0.1) is 10.1 Å². The third kappa shape index (κ3) is 2.63. The van der Waals surface area contributed by atoms with Crippen LogP contribution in [0.2, 0.25) is 0 Å². The van der Waals surface area contributed by atoms with Crippen LogP contribution < -0.4 is 9.99 Å². The first-order chi connectivity index (χ1) is 10.6. The first-order valence-corrected chi connectivity index (χ1v) is 7.28. The van der Waals surface area contributed by atoms with E-state index in [1.165, 1.54) is 0 Å². The maximum atomic E-state index is 12.1. The molecule has 1 aliphatic rings. The minimum atomic E-state index is -0.631. The second-order valence-corrected chi connectivity index (χ2v) is 5.74. The Kier molecular flexibility index (Phi) is 3.73. The molecule has 1 aliphatic heterocycles. The van der Waals surface area contributed by atoms with Crippen LogP contribution in [0.15, 0.2) is 35.3 Å². The maximum absolute atomic E-state index is 12.1. The van der Waals surface area contributed by atoms with Gasteiger partial charge in [-0.15, -0.1) is 0 Å². The molecule has 1 aromatic heterocycles. The number of carbonyl (C=O) groups is 1. The lowest BCUT2D eigenvalue weighted by Gasteiger charge is -2.19. The average molecular weight is 320 g/mol. The molecule has 0 bridgehead atoms. The highest BCUT2D eigenvalue weighted by Gasteiger charge is 2.29. The predicted molar refractivity (Wildman–Crippen MR) is 79.8 cm³/mol. The van der Waals surface area contributed by atoms with Crippen molar-refractivity contribution in [1.29, 1.82) is 0 Å². The number of nitrogens with zero attached hydrogens (tertiary/aromatic N) is 3. The summed E-state index contributed by atoms with van der Waals surface area (Å²) >= 11 is 0.982. The van der Waals surface area contributed by atoms with E-state index >= 15 is 0 Å². The molecule has 1 aromatic carbocycles. The number of anilines is 1. The number of rotatable bonds is 2. The van der Waals surface area contributed by atoms with Gasteiger partial charge in [0.1, 0.15) is 0 Å². The van der Waals surface area contributed by atoms with Gasteiger partial charge in [-0.25, -0.2) is 0 Å². The number of hydrogen-bond acceptors (Lipinski definition) is 6. The number of benzene rings is 1. The van der Waals surface area contributed by atoms with Crippen molar-refractivity contribution in [3.05, 3.63) is 50.7 Å². The molecule has 22 heavy (non-hydrogen) atoms. The highest BCUT2D eigenvalue weighted by Crippen LogP contribution is 2.27. The highest BCUT2D eigenvalue weighted by atomic mass is 32.1. The Balaban J connectivity index is 2.09. The summed E-state index contributed by atoms with van der Waals surface area (Å²) in [5.41, 5.74) is 0.127. The van der Waals surface area contributed by atoms with Gasteiger partial charge >= 0.3 is 5.69 Å². The number of fused-ring (bicyclic) bond motifs is 1. The van der Waals surface area contributed by atoms with Gasteiger partial charge in [0.05, 0.1) is 17.6 Å². The Morgan fingerprint density at radius 1 is 1.45 bits per heavy atom. The number of aromatic nitrogens is 1. The van der Waals surface area contributed by atoms with Crippen molar-refractivity contribution in [1.82, 2.24) is 3.96 Å². The first-order valence-electron chi connectivity index (χ1n) is 6.51. The number of hydrogen-bond donors (Lipinski definition) is 2. The Bertz CT molecular complexity index is 796. The van der Waals surface area contributed by atoms with Gasteiger partial charge in [-0.05, 0) is 23.7 Å². The van der Waals surface area contributed by atoms with Gasteiger partial charge in [0.15, 0.2) is 5.82 Å². The van der Waals surface area contributed by atoms with Gasteiger partial charge < -0.3 is 10.4 Å². The van der Waals surface area contributed by atoms with E-state index in [1.807, 2.05) is 0 Å². The number of aliphatic hydroxyl groups excluding tert-OH is 1. The monoisotopic (exact) mass is 320 g/mol. The fraction of sp³-hybridized carbons (Fsp3) is 0.231. The molecule has 1 atom stereocenters. The third-order valence-corrected chi connectivity index (χ3v) is 4.17. The lowest BCUT2D eigenvalue weighted by atomic mass is 10.2. The summed E-state index contributed by atoms with van der Waals surface area (Å²) in [6.45, 7) is 0.465. The second-order valence-electron chi connectivity index (χ2n) is 4.73. The molecule has 2 heterocycles. The molecule has 8 nitrogen and oxygen atoms in total. The van der Waals surface area contributed by atoms with Crippen molar-refractivity contribution in [2.75, 3.05) is 11.9 Å². The molecule has 0 saturated carbocycles. The standard InChI is InChI=1S/C13H12N4O4S/c18-9-6-14-11-10(17(20)21)13(22-16(11)7-9)15-12(19)8-4-2-1-3-5-8/h1-5,9,14,18H,6-7H2. The topological polar surface area (TPSA) is 110 Å². The molecule has 0 aliphatic carbocycles. The third-order valence-electron chi connectivity index (χ3n) is 3.16. The first kappa shape index (κ1) is 14.4. The molecule has 0 saturated heterocycles. The number of nitrogens with one attached hydrogen (secondary N) is 1. The molecule has 0 spiro atoms. The largest absolute Gasteiger partial charge is 0.389 e. The minimum Gasteiger partial charge on any atom is -0.389 e. The van der Waals surface area contributed by atoms with Gasteiger partial charge in [0.2, 0.25) is 4.67 Å². The van der Waals surface area contributed by atoms with Crippen LogP contribution in [0.5, 0.6) is 0 Å². The number of nitro groups is 1. The summed E-state index contributed by atoms with van der Waals surface area (Å²) in [4.78, 5) is 26.7. The fourth-order valence-corrected chi connectivity index (χ4v) is 3.24. The summed E-state index contributed by atoms with van der Waals surface area (Å²) in [5.74, 6) is -0.261. The predicted octanol–water partition coefficient (Wildman–Crippen LogP) is 0.985. The Morgan fingerprint density at radius 2 is 2.18 bits per heavy atom. The molecule has 0 fully saturated rings. The van der Waals surface area contributed by atoms with E-state index in [-0.39, 0.29) is 29.3 Å². The van der Waals surface area contributed by atoms with E-state index in [9.17, 15) is 20.0 Å². The van der Waals surface area contributed by atoms with Crippen molar-refractivity contribution in [2.45, 2.75) is 12.6 Å². The summed E-state index contributed by atoms with van der Waals surface area (Å²) in [6, 6.07) is 8.36. The summed E-state index contributed by atoms with van der Waals surface area (Å²) < 4.78 is 1.57. The number of amides is 1. The zero-order valence-electron chi connectivity index (χ0n) is 11.3. The smallest absolute Gasteiger partial charge is 0.347 e. The zero-order valence-corrected chi connectivity index (χ0v) is 12.1. The molecular weight excluding hydrogens is 308 g/mol. The second kappa shape index (κ2) is 5.70. The molecule has 1 amide bonds. The Hall–Kier alpha value is -2.52. The zero-order chi connectivity index (χ0) is 15.7. The minimum absolute atomic E-state index is 0.0236. The van der Waals surface area contributed by atoms with Gasteiger partial charge in [-0.3, -0.25) is 18.9 Å². The van der Waals surface area contributed by atoms with Gasteiger partial charge in [0.25, 0.3) is 5.91 Å². The van der Waals surface area contributed by atoms with Gasteiger partial charge in [-0.1, -0.05) is 18.2 Å². The van der Waals surface area contributed by atoms with Crippen molar-refractivity contribution in [3.63, 3.8) is 0 Å². The molecule has 9 heteroatoms. The summed E-state index contributed by atoms with van der Waals surface area (Å²) in [6.07, 6.45) is -0.631. The van der Waals surface area contributed by atoms with E-state index in [0.29, 0.717) is 5.56 Å². The summed E-state index contributed by atoms with van der Waals surface area (Å²) in [5, 5.41) is 23.7. The van der Waals surface area contributed by atoms with Crippen LogP contribution in [0.1, 0.15) is 10.4 Å². The molecular formula is C13H12N4O4S. The van der Waals surface area contributed by atoms with Crippen LogP contribution in [-0.2, 0) is 6.54 Å². The highest BCUT2D eigenvalue weighted by molar-refractivity contribution is 7.04. The average Bonchev–Trinajstić information content (AvgIpc) is 2.85. The van der Waals surface area contributed by atoms with E-state index in [4.69, 9.17) is 0 Å². The number of carbonyl (C=O) groups excluding carboxylic acids is 1. The van der Waals surface area contributed by atoms with Crippen molar-refractivity contribution in [2.24, 2.45) is 4.99 Å². The van der Waals surface area contributed by atoms with Crippen LogP contribution in [0.3, 0.4) is 0 Å². The van der Waals surface area contributed by atoms with E-state index in [0.717, 1.165) is 11.5 Å². The van der Waals surface area contributed by atoms with Crippen molar-refractivity contribution >= 4 is 28.9 Å². The normalized spacial score (nSPS) is 17.7. The molecule has 3 rings (SSSR count). The lowest BCUT2D eigenvalue weighted by molar-refractivity contribution is -0.385. The molecule has 114 valence electrons. The van der Waals surface area contributed by atoms with Crippen molar-refractivity contribution in [3.8, 4) is 0 Å². The molecule has 2 aromatic rings. The SMILES string of the molecule is O=C(N=c1sn2c(c1[N+](=O)[O-])NCC(O)C2)c1ccccc1. The number of aliphatic hydroxyl groups is 1. The van der Waals surface area contributed by atoms with Gasteiger partial charge in [-0.2, -0.15) is 4.99 Å². The van der Waals surface area contributed by atoms with Crippen LogP contribution in [0.25, 0.3) is 0 Å². The Morgan fingerprint density at radius 3 is 2.86 bits per heavy atom. The molecule has 1 unspecified atom stereocenters. The van der Waals surface area contributed by atoms with E-state index in [1.54, 1.807) is 34.3 Å². The molecule has 2 N–H and O–H groups in total. The van der Waals surface area contributed by atoms with Crippen LogP contribution >= 0.6 is 11.5 Å².